The standard InChI is InChI=1S/C102H108N2O20/c1-105-33-37-109-41-45-113-49-53-117-57-61-121-75-25-17-69(18-26-75)103(70-19-27-76(28-20-70)122-62-58-118-54-50-114-46-42-110-38-34-106-2)73-65-87-83-13-5-9-79-81-11-7-15-85-89-67-74(68-90-86-16-8-12-82-80-10-6-14-84-88(66-73)95(87)101-97(91(79)83)99(93(81)85)102(96(89)90)100(94(82)86)98(101)92(80)84)104(71-21-29-77(30-22-71)123-63-59-119-55-51-115-47-43-111-39-35-107-3)72-23-31-78(32-24-72)124-64-60-120-56-52-116-48-44-112-40-36-108-4/h5-32,65-68H,33-64H2,1-4H3. The fraction of sp³-hybridized carbons (Fsp3) is 0.353. The number of ether oxygens (including phenoxy) is 20. The molecule has 646 valence electrons. The van der Waals surface area contributed by atoms with Crippen LogP contribution in [0, 0.1) is 0 Å². The molecular weight excluding hydrogens is 1570 g/mol. The normalized spacial score (nSPS) is 12.3. The van der Waals surface area contributed by atoms with Gasteiger partial charge in [0.05, 0.1) is 185 Å². The van der Waals surface area contributed by atoms with Gasteiger partial charge in [0.15, 0.2) is 0 Å². The molecule has 0 saturated carbocycles. The van der Waals surface area contributed by atoms with Crippen LogP contribution in [-0.4, -0.2) is 240 Å². The van der Waals surface area contributed by atoms with Crippen LogP contribution < -0.4 is 28.7 Å². The van der Waals surface area contributed by atoms with Gasteiger partial charge in [0.1, 0.15) is 49.4 Å². The third-order valence-corrected chi connectivity index (χ3v) is 22.8. The molecule has 0 bridgehead atoms. The van der Waals surface area contributed by atoms with Crippen LogP contribution in [0.15, 0.2) is 194 Å². The van der Waals surface area contributed by atoms with Gasteiger partial charge in [-0.15, -0.1) is 0 Å². The lowest BCUT2D eigenvalue weighted by Gasteiger charge is -2.31. The maximum atomic E-state index is 6.35. The lowest BCUT2D eigenvalue weighted by atomic mass is 9.73. The molecule has 0 aliphatic heterocycles. The van der Waals surface area contributed by atoms with E-state index in [2.05, 4.69) is 155 Å². The molecule has 17 aromatic rings. The van der Waals surface area contributed by atoms with Crippen LogP contribution in [-0.2, 0) is 75.8 Å². The summed E-state index contributed by atoms with van der Waals surface area (Å²) in [6, 6.07) is 71.3. The van der Waals surface area contributed by atoms with Crippen LogP contribution in [0.25, 0.3) is 129 Å². The summed E-state index contributed by atoms with van der Waals surface area (Å²) in [5, 5.41) is 29.8. The Morgan fingerprint density at radius 2 is 0.306 bits per heavy atom. The number of benzene rings is 17. The van der Waals surface area contributed by atoms with Crippen molar-refractivity contribution in [3.05, 3.63) is 194 Å². The summed E-state index contributed by atoms with van der Waals surface area (Å²) in [5.74, 6) is 2.94. The van der Waals surface area contributed by atoms with Gasteiger partial charge in [-0.05, 0) is 251 Å². The zero-order valence-corrected chi connectivity index (χ0v) is 71.2. The molecule has 0 spiro atoms. The molecule has 0 unspecified atom stereocenters. The van der Waals surface area contributed by atoms with Crippen LogP contribution in [0.4, 0.5) is 34.1 Å². The summed E-state index contributed by atoms with van der Waals surface area (Å²) in [6.45, 7) is 15.2. The van der Waals surface area contributed by atoms with Gasteiger partial charge in [-0.25, -0.2) is 0 Å². The molecule has 17 aromatic carbocycles. The average molecular weight is 1680 g/mol. The first kappa shape index (κ1) is 85.7. The third kappa shape index (κ3) is 18.8. The molecule has 0 N–H and O–H groups in total. The molecule has 0 radical (unpaired) electrons. The highest BCUT2D eigenvalue weighted by molar-refractivity contribution is 6.61. The van der Waals surface area contributed by atoms with E-state index in [1.54, 1.807) is 28.4 Å². The van der Waals surface area contributed by atoms with E-state index < -0.39 is 0 Å². The Balaban J connectivity index is 0.738. The molecule has 22 heteroatoms. The molecule has 0 aromatic heterocycles. The van der Waals surface area contributed by atoms with Crippen molar-refractivity contribution >= 4 is 163 Å². The van der Waals surface area contributed by atoms with Crippen molar-refractivity contribution in [1.82, 2.24) is 0 Å². The van der Waals surface area contributed by atoms with Crippen LogP contribution in [0.2, 0.25) is 0 Å². The number of fused-ring (bicyclic) bond motifs is 6. The predicted octanol–water partition coefficient (Wildman–Crippen LogP) is 19.4. The van der Waals surface area contributed by atoms with Gasteiger partial charge >= 0.3 is 0 Å². The Labute approximate surface area is 721 Å². The summed E-state index contributed by atoms with van der Waals surface area (Å²) in [5.41, 5.74) is 5.83. The minimum absolute atomic E-state index is 0.376. The minimum Gasteiger partial charge on any atom is -0.491 e. The molecule has 0 fully saturated rings. The molecule has 0 atom stereocenters. The second-order valence-corrected chi connectivity index (χ2v) is 30.4. The van der Waals surface area contributed by atoms with Crippen molar-refractivity contribution in [3.63, 3.8) is 0 Å². The molecule has 17 rings (SSSR count). The summed E-state index contributed by atoms with van der Waals surface area (Å²) >= 11 is 0. The maximum absolute atomic E-state index is 6.35. The molecule has 0 heterocycles. The van der Waals surface area contributed by atoms with Gasteiger partial charge in [-0.2, -0.15) is 0 Å². The van der Waals surface area contributed by atoms with E-state index in [0.29, 0.717) is 211 Å². The first-order valence-corrected chi connectivity index (χ1v) is 43.1. The lowest BCUT2D eigenvalue weighted by Crippen LogP contribution is -2.14. The van der Waals surface area contributed by atoms with Gasteiger partial charge in [0, 0.05) is 62.6 Å². The molecular formula is C102H108N2O20. The van der Waals surface area contributed by atoms with Gasteiger partial charge < -0.3 is 105 Å². The van der Waals surface area contributed by atoms with E-state index in [4.69, 9.17) is 94.7 Å². The van der Waals surface area contributed by atoms with Crippen molar-refractivity contribution in [3.8, 4) is 23.0 Å². The van der Waals surface area contributed by atoms with Crippen LogP contribution in [0.5, 0.6) is 23.0 Å². The first-order valence-electron chi connectivity index (χ1n) is 43.1. The van der Waals surface area contributed by atoms with Crippen molar-refractivity contribution in [2.45, 2.75) is 0 Å². The number of methoxy groups -OCH3 is 4. The molecule has 0 aliphatic carbocycles. The fourth-order valence-electron chi connectivity index (χ4n) is 17.5. The molecule has 0 aliphatic rings. The van der Waals surface area contributed by atoms with E-state index in [9.17, 15) is 0 Å². The number of nitrogens with zero attached hydrogens (tertiary/aromatic N) is 2. The Morgan fingerprint density at radius 3 is 0.484 bits per heavy atom. The highest BCUT2D eigenvalue weighted by Gasteiger charge is 2.33. The molecule has 22 nitrogen and oxygen atoms in total. The number of rotatable bonds is 58. The largest absolute Gasteiger partial charge is 0.491 e. The monoisotopic (exact) mass is 1680 g/mol. The van der Waals surface area contributed by atoms with Crippen molar-refractivity contribution in [2.24, 2.45) is 0 Å². The van der Waals surface area contributed by atoms with E-state index in [0.717, 1.165) is 57.1 Å². The second-order valence-electron chi connectivity index (χ2n) is 30.4. The Bertz CT molecular complexity index is 5410. The highest BCUT2D eigenvalue weighted by Crippen LogP contribution is 2.61. The predicted molar refractivity (Wildman–Crippen MR) is 492 cm³/mol. The highest BCUT2D eigenvalue weighted by atomic mass is 16.6. The Hall–Kier alpha value is -10.4. The van der Waals surface area contributed by atoms with Gasteiger partial charge in [0.25, 0.3) is 0 Å². The van der Waals surface area contributed by atoms with E-state index in [1.807, 2.05) is 48.5 Å². The summed E-state index contributed by atoms with van der Waals surface area (Å²) in [7, 11) is 6.64. The zero-order chi connectivity index (χ0) is 84.2. The molecule has 0 saturated heterocycles. The van der Waals surface area contributed by atoms with Gasteiger partial charge in [-0.1, -0.05) is 72.8 Å². The number of anilines is 6. The SMILES string of the molecule is COCCOCCOCCOCCOc1ccc(N(c2ccc(OCCOCCOCCOCCOC)cc2)c2cc3c4cccc5c6cccc7c8cc(N(c9ccc(OCCOCCOCCOCCOC)cc9)c9ccc(OCCOCCOCCOCCOC)cc9)cc9c%10cccc%11c%12cccc%13c(c2)c3c2c(c54)c(c67)c(c89)c(c%11%10)c2c%12%13)cc1. The van der Waals surface area contributed by atoms with Crippen LogP contribution in [0.1, 0.15) is 0 Å². The fourth-order valence-corrected chi connectivity index (χ4v) is 17.5. The average Bonchev–Trinajstić information content (AvgIpc) is 0.643. The second kappa shape index (κ2) is 42.5. The summed E-state index contributed by atoms with van der Waals surface area (Å²) < 4.78 is 114. The molecule has 0 amide bonds. The smallest absolute Gasteiger partial charge is 0.119 e. The summed E-state index contributed by atoms with van der Waals surface area (Å²) in [6.07, 6.45) is 0. The lowest BCUT2D eigenvalue weighted by molar-refractivity contribution is 0.000164. The quantitative estimate of drug-likeness (QED) is 0.0198. The van der Waals surface area contributed by atoms with Crippen LogP contribution in [0.3, 0.4) is 0 Å². The van der Waals surface area contributed by atoms with E-state index in [-0.39, 0.29) is 0 Å². The third-order valence-electron chi connectivity index (χ3n) is 22.8. The van der Waals surface area contributed by atoms with Crippen molar-refractivity contribution in [2.75, 3.05) is 250 Å². The van der Waals surface area contributed by atoms with Crippen LogP contribution >= 0.6 is 0 Å². The minimum atomic E-state index is 0.376. The Morgan fingerprint density at radius 1 is 0.153 bits per heavy atom. The van der Waals surface area contributed by atoms with Crippen molar-refractivity contribution in [1.29, 1.82) is 0 Å². The van der Waals surface area contributed by atoms with Gasteiger partial charge in [0.2, 0.25) is 0 Å². The zero-order valence-electron chi connectivity index (χ0n) is 71.2. The van der Waals surface area contributed by atoms with Gasteiger partial charge in [-0.3, -0.25) is 0 Å². The number of hydrogen-bond acceptors (Lipinski definition) is 22. The van der Waals surface area contributed by atoms with E-state index >= 15 is 0 Å². The molecule has 124 heavy (non-hydrogen) atoms. The summed E-state index contributed by atoms with van der Waals surface area (Å²) in [4.78, 5) is 4.73. The maximum Gasteiger partial charge on any atom is 0.119 e. The topological polar surface area (TPSA) is 191 Å². The first-order chi connectivity index (χ1) is 61.5. The Kier molecular flexibility index (Phi) is 29.4. The van der Waals surface area contributed by atoms with Crippen molar-refractivity contribution < 1.29 is 94.7 Å². The van der Waals surface area contributed by atoms with E-state index in [1.165, 1.54) is 129 Å². The number of hydrogen-bond donors (Lipinski definition) is 0.